The van der Waals surface area contributed by atoms with Crippen molar-refractivity contribution in [3.05, 3.63) is 53.6 Å². The lowest BCUT2D eigenvalue weighted by Crippen LogP contribution is -3.10. The van der Waals surface area contributed by atoms with Crippen LogP contribution in [-0.2, 0) is 4.79 Å². The van der Waals surface area contributed by atoms with Crippen LogP contribution in [0.2, 0.25) is 5.02 Å². The van der Waals surface area contributed by atoms with E-state index < -0.39 is 0 Å². The van der Waals surface area contributed by atoms with E-state index in [1.54, 1.807) is 12.1 Å². The zero-order valence-electron chi connectivity index (χ0n) is 15.3. The van der Waals surface area contributed by atoms with Crippen molar-refractivity contribution in [3.63, 3.8) is 0 Å². The Hall–Kier alpha value is -2.24. The molecule has 1 unspecified atom stereocenters. The molecule has 26 heavy (non-hydrogen) atoms. The summed E-state index contributed by atoms with van der Waals surface area (Å²) in [6.45, 7) is 4.37. The number of likely N-dealkylation sites (N-methyl/N-ethyl adjacent to an activating group) is 1. The molecule has 0 aliphatic heterocycles. The number of hydrogen-bond donors (Lipinski definition) is 2. The van der Waals surface area contributed by atoms with Gasteiger partial charge in [0.2, 0.25) is 0 Å². The summed E-state index contributed by atoms with van der Waals surface area (Å²) in [5, 5.41) is 3.36. The first kappa shape index (κ1) is 20.1. The number of benzene rings is 2. The quantitative estimate of drug-likeness (QED) is 0.669. The first-order chi connectivity index (χ1) is 12.6. The summed E-state index contributed by atoms with van der Waals surface area (Å²) in [5.41, 5.74) is 0.633. The van der Waals surface area contributed by atoms with E-state index >= 15 is 0 Å². The summed E-state index contributed by atoms with van der Waals surface area (Å²) in [5.74, 6) is 1.56. The molecular formula is C20H26ClN2O3+. The number of carbonyl (C=O) groups is 1. The second-order valence-corrected chi connectivity index (χ2v) is 6.49. The molecule has 0 heterocycles. The number of anilines is 1. The molecular weight excluding hydrogens is 352 g/mol. The lowest BCUT2D eigenvalue weighted by atomic mass is 10.3. The number of carbonyl (C=O) groups excluding carboxylic acids is 1. The third kappa shape index (κ3) is 6.94. The normalized spacial score (nSPS) is 11.7. The summed E-state index contributed by atoms with van der Waals surface area (Å²) in [7, 11) is 1.96. The lowest BCUT2D eigenvalue weighted by Gasteiger charge is -2.15. The van der Waals surface area contributed by atoms with Gasteiger partial charge < -0.3 is 19.7 Å². The third-order valence-electron chi connectivity index (χ3n) is 3.70. The molecule has 140 valence electrons. The van der Waals surface area contributed by atoms with Crippen LogP contribution in [0, 0.1) is 0 Å². The Morgan fingerprint density at radius 3 is 2.27 bits per heavy atom. The van der Waals surface area contributed by atoms with E-state index in [9.17, 15) is 4.79 Å². The van der Waals surface area contributed by atoms with Crippen molar-refractivity contribution in [1.82, 2.24) is 0 Å². The highest BCUT2D eigenvalue weighted by atomic mass is 35.5. The molecule has 5 nitrogen and oxygen atoms in total. The van der Waals surface area contributed by atoms with Crippen LogP contribution in [0.4, 0.5) is 5.69 Å². The summed E-state index contributed by atoms with van der Waals surface area (Å²) in [6, 6.07) is 14.8. The van der Waals surface area contributed by atoms with Gasteiger partial charge in [-0.2, -0.15) is 0 Å². The predicted molar refractivity (Wildman–Crippen MR) is 104 cm³/mol. The first-order valence-corrected chi connectivity index (χ1v) is 9.17. The van der Waals surface area contributed by atoms with E-state index in [4.69, 9.17) is 21.1 Å². The molecule has 1 atom stereocenters. The third-order valence-corrected chi connectivity index (χ3v) is 4.03. The Balaban J connectivity index is 1.69. The van der Waals surface area contributed by atoms with Crippen molar-refractivity contribution in [2.75, 3.05) is 38.7 Å². The van der Waals surface area contributed by atoms with Gasteiger partial charge in [-0.1, -0.05) is 30.7 Å². The van der Waals surface area contributed by atoms with Crippen LogP contribution in [0.5, 0.6) is 11.5 Å². The Bertz CT molecular complexity index is 692. The number of halogens is 1. The second kappa shape index (κ2) is 10.7. The fourth-order valence-corrected chi connectivity index (χ4v) is 2.50. The molecule has 2 aromatic carbocycles. The molecule has 1 amide bonds. The van der Waals surface area contributed by atoms with E-state index in [1.807, 2.05) is 43.4 Å². The zero-order chi connectivity index (χ0) is 18.8. The number of ether oxygens (including phenoxy) is 2. The number of amides is 1. The summed E-state index contributed by atoms with van der Waals surface area (Å²) in [6.07, 6.45) is 0.984. The molecule has 0 aliphatic rings. The monoisotopic (exact) mass is 377 g/mol. The van der Waals surface area contributed by atoms with Gasteiger partial charge in [-0.05, 0) is 42.8 Å². The summed E-state index contributed by atoms with van der Waals surface area (Å²) >= 11 is 6.04. The van der Waals surface area contributed by atoms with E-state index in [0.29, 0.717) is 37.0 Å². The van der Waals surface area contributed by atoms with Crippen LogP contribution in [0.3, 0.4) is 0 Å². The van der Waals surface area contributed by atoms with Gasteiger partial charge in [-0.3, -0.25) is 4.79 Å². The number of quaternary nitrogens is 1. The van der Waals surface area contributed by atoms with Gasteiger partial charge >= 0.3 is 0 Å². The van der Waals surface area contributed by atoms with Crippen molar-refractivity contribution < 1.29 is 19.2 Å². The number of nitrogens with one attached hydrogen (secondary N) is 2. The molecule has 0 aromatic heterocycles. The maximum atomic E-state index is 12.1. The van der Waals surface area contributed by atoms with E-state index in [1.165, 1.54) is 0 Å². The van der Waals surface area contributed by atoms with Gasteiger partial charge in [0, 0.05) is 0 Å². The largest absolute Gasteiger partial charge is 0.494 e. The maximum absolute atomic E-state index is 12.1. The number of para-hydroxylation sites is 1. The molecule has 0 saturated heterocycles. The minimum Gasteiger partial charge on any atom is -0.494 e. The molecule has 2 N–H and O–H groups in total. The molecule has 6 heteroatoms. The highest BCUT2D eigenvalue weighted by Gasteiger charge is 2.11. The molecule has 0 bridgehead atoms. The summed E-state index contributed by atoms with van der Waals surface area (Å²) < 4.78 is 11.3. The standard InChI is InChI=1S/C20H25ClN2O3/c1-3-13-25-16-8-10-17(11-9-16)26-14-12-23(2)15-20(24)22-19-7-5-4-6-18(19)21/h4-11H,3,12-15H2,1-2H3,(H,22,24)/p+1. The van der Waals surface area contributed by atoms with Gasteiger partial charge in [-0.25, -0.2) is 0 Å². The first-order valence-electron chi connectivity index (χ1n) is 8.80. The van der Waals surface area contributed by atoms with E-state index in [2.05, 4.69) is 12.2 Å². The van der Waals surface area contributed by atoms with Crippen LogP contribution in [0.1, 0.15) is 13.3 Å². The highest BCUT2D eigenvalue weighted by molar-refractivity contribution is 6.33. The van der Waals surface area contributed by atoms with E-state index in [0.717, 1.165) is 22.8 Å². The number of hydrogen-bond acceptors (Lipinski definition) is 3. The van der Waals surface area contributed by atoms with E-state index in [-0.39, 0.29) is 5.91 Å². The minimum atomic E-state index is -0.0759. The molecule has 0 fully saturated rings. The predicted octanol–water partition coefficient (Wildman–Crippen LogP) is 2.66. The molecule has 2 aromatic rings. The fraction of sp³-hybridized carbons (Fsp3) is 0.350. The van der Waals surface area contributed by atoms with Crippen LogP contribution in [0.15, 0.2) is 48.5 Å². The zero-order valence-corrected chi connectivity index (χ0v) is 16.0. The molecule has 0 radical (unpaired) electrons. The smallest absolute Gasteiger partial charge is 0.279 e. The van der Waals surface area contributed by atoms with Crippen LogP contribution >= 0.6 is 11.6 Å². The van der Waals surface area contributed by atoms with Crippen molar-refractivity contribution in [2.45, 2.75) is 13.3 Å². The highest BCUT2D eigenvalue weighted by Crippen LogP contribution is 2.20. The molecule has 0 aliphatic carbocycles. The maximum Gasteiger partial charge on any atom is 0.279 e. The fourth-order valence-electron chi connectivity index (χ4n) is 2.31. The van der Waals surface area contributed by atoms with Crippen molar-refractivity contribution in [1.29, 1.82) is 0 Å². The van der Waals surface area contributed by atoms with Crippen molar-refractivity contribution in [2.24, 2.45) is 0 Å². The van der Waals surface area contributed by atoms with Gasteiger partial charge in [0.25, 0.3) is 5.91 Å². The Morgan fingerprint density at radius 2 is 1.65 bits per heavy atom. The van der Waals surface area contributed by atoms with Crippen LogP contribution < -0.4 is 19.7 Å². The summed E-state index contributed by atoms with van der Waals surface area (Å²) in [4.78, 5) is 13.1. The van der Waals surface area contributed by atoms with Crippen LogP contribution in [-0.4, -0.2) is 39.3 Å². The molecule has 0 saturated carbocycles. The lowest BCUT2D eigenvalue weighted by molar-refractivity contribution is -0.871. The molecule has 2 rings (SSSR count). The molecule has 0 spiro atoms. The van der Waals surface area contributed by atoms with Crippen molar-refractivity contribution >= 4 is 23.2 Å². The van der Waals surface area contributed by atoms with Gasteiger partial charge in [-0.15, -0.1) is 0 Å². The Morgan fingerprint density at radius 1 is 1.04 bits per heavy atom. The average molecular weight is 378 g/mol. The van der Waals surface area contributed by atoms with Gasteiger partial charge in [0.05, 0.1) is 24.4 Å². The SMILES string of the molecule is CCCOc1ccc(OCC[NH+](C)CC(=O)Nc2ccccc2Cl)cc1. The second-order valence-electron chi connectivity index (χ2n) is 6.08. The number of rotatable bonds is 10. The average Bonchev–Trinajstić information content (AvgIpc) is 2.63. The topological polar surface area (TPSA) is 52.0 Å². The van der Waals surface area contributed by atoms with Crippen LogP contribution in [0.25, 0.3) is 0 Å². The minimum absolute atomic E-state index is 0.0759. The Labute approximate surface area is 159 Å². The van der Waals surface area contributed by atoms with Gasteiger partial charge in [0.1, 0.15) is 24.7 Å². The Kier molecular flexibility index (Phi) is 8.25. The van der Waals surface area contributed by atoms with Crippen molar-refractivity contribution in [3.8, 4) is 11.5 Å². The van der Waals surface area contributed by atoms with Gasteiger partial charge in [0.15, 0.2) is 6.54 Å².